The Labute approximate surface area is 174 Å². The first-order valence-corrected chi connectivity index (χ1v) is 11.3. The second kappa shape index (κ2) is 7.34. The van der Waals surface area contributed by atoms with E-state index >= 15 is 0 Å². The predicted molar refractivity (Wildman–Crippen MR) is 118 cm³/mol. The number of carbonyl (C=O) groups excluding carboxylic acids is 1. The highest BCUT2D eigenvalue weighted by atomic mass is 16.3. The van der Waals surface area contributed by atoms with Gasteiger partial charge in [-0.05, 0) is 83.6 Å². The molecule has 2 saturated carbocycles. The average molecular weight is 394 g/mol. The van der Waals surface area contributed by atoms with Crippen LogP contribution in [0.1, 0.15) is 123 Å². The molecule has 1 heterocycles. The number of hydrogen-bond donors (Lipinski definition) is 2. The first-order chi connectivity index (χ1) is 13.6. The van der Waals surface area contributed by atoms with Gasteiger partial charge in [-0.25, -0.2) is 0 Å². The number of aromatic hydroxyl groups is 1. The van der Waals surface area contributed by atoms with Crippen molar-refractivity contribution in [1.82, 2.24) is 4.98 Å². The van der Waals surface area contributed by atoms with E-state index in [9.17, 15) is 9.90 Å². The third kappa shape index (κ3) is 4.29. The van der Waals surface area contributed by atoms with Gasteiger partial charge in [-0.1, -0.05) is 46.8 Å². The molecule has 4 rings (SSSR count). The molecule has 2 aliphatic carbocycles. The van der Waals surface area contributed by atoms with Crippen LogP contribution >= 0.6 is 0 Å². The lowest BCUT2D eigenvalue weighted by atomic mass is 9.82. The summed E-state index contributed by atoms with van der Waals surface area (Å²) in [4.78, 5) is 16.6. The van der Waals surface area contributed by atoms with Crippen LogP contribution < -0.4 is 0 Å². The fourth-order valence-corrected chi connectivity index (χ4v) is 4.31. The second-order valence-electron chi connectivity index (χ2n) is 10.5. The molecule has 156 valence electrons. The summed E-state index contributed by atoms with van der Waals surface area (Å²) in [5.41, 5.74) is 6.37. The van der Waals surface area contributed by atoms with E-state index in [4.69, 9.17) is 0 Å². The van der Waals surface area contributed by atoms with Crippen molar-refractivity contribution in [3.8, 4) is 5.75 Å². The van der Waals surface area contributed by atoms with Gasteiger partial charge in [-0.3, -0.25) is 4.79 Å². The summed E-state index contributed by atoms with van der Waals surface area (Å²) in [7, 11) is 0. The Bertz CT molecular complexity index is 921. The van der Waals surface area contributed by atoms with Gasteiger partial charge in [0, 0.05) is 12.1 Å². The van der Waals surface area contributed by atoms with Crippen LogP contribution in [0, 0.1) is 0 Å². The summed E-state index contributed by atoms with van der Waals surface area (Å²) in [6, 6.07) is 6.47. The SMILES string of the molecule is CC(C)c1cc(CCC(=O)c2[nH]c(C3CC3)cc2C2CC2)cc(C(C)(C)C)c1O. The van der Waals surface area contributed by atoms with Crippen molar-refractivity contribution in [2.24, 2.45) is 0 Å². The summed E-state index contributed by atoms with van der Waals surface area (Å²) < 4.78 is 0. The number of aryl methyl sites for hydroxylation is 1. The van der Waals surface area contributed by atoms with E-state index in [1.165, 1.54) is 36.9 Å². The van der Waals surface area contributed by atoms with Crippen LogP contribution in [0.25, 0.3) is 0 Å². The minimum atomic E-state index is -0.133. The molecule has 0 bridgehead atoms. The summed E-state index contributed by atoms with van der Waals surface area (Å²) in [6.45, 7) is 10.6. The standard InChI is InChI=1S/C26H35NO2/c1-15(2)19-12-16(13-21(25(19)29)26(3,4)5)6-11-23(28)24-20(17-7-8-17)14-22(27-24)18-9-10-18/h12-15,17-18,27,29H,6-11H2,1-5H3. The van der Waals surface area contributed by atoms with E-state index in [-0.39, 0.29) is 17.1 Å². The van der Waals surface area contributed by atoms with Gasteiger partial charge in [0.25, 0.3) is 0 Å². The van der Waals surface area contributed by atoms with Crippen LogP contribution in [-0.4, -0.2) is 15.9 Å². The number of benzene rings is 1. The molecule has 2 aliphatic rings. The number of aromatic nitrogens is 1. The monoisotopic (exact) mass is 393 g/mol. The normalized spacial score (nSPS) is 17.2. The van der Waals surface area contributed by atoms with Crippen molar-refractivity contribution < 1.29 is 9.90 Å². The molecule has 1 aromatic carbocycles. The largest absolute Gasteiger partial charge is 0.507 e. The topological polar surface area (TPSA) is 53.1 Å². The first-order valence-electron chi connectivity index (χ1n) is 11.3. The van der Waals surface area contributed by atoms with E-state index in [1.54, 1.807) is 0 Å². The van der Waals surface area contributed by atoms with Crippen LogP contribution in [0.4, 0.5) is 0 Å². The Morgan fingerprint density at radius 3 is 2.31 bits per heavy atom. The first kappa shape index (κ1) is 20.3. The number of carbonyl (C=O) groups is 1. The third-order valence-electron chi connectivity index (χ3n) is 6.45. The highest BCUT2D eigenvalue weighted by Crippen LogP contribution is 2.46. The van der Waals surface area contributed by atoms with Gasteiger partial charge in [0.1, 0.15) is 5.75 Å². The Kier molecular flexibility index (Phi) is 5.13. The van der Waals surface area contributed by atoms with Gasteiger partial charge >= 0.3 is 0 Å². The molecular formula is C26H35NO2. The van der Waals surface area contributed by atoms with Crippen LogP contribution in [-0.2, 0) is 11.8 Å². The van der Waals surface area contributed by atoms with Gasteiger partial charge in [0.05, 0.1) is 5.69 Å². The highest BCUT2D eigenvalue weighted by molar-refractivity contribution is 5.96. The smallest absolute Gasteiger partial charge is 0.179 e. The van der Waals surface area contributed by atoms with E-state index in [0.717, 1.165) is 22.4 Å². The quantitative estimate of drug-likeness (QED) is 0.514. The van der Waals surface area contributed by atoms with Crippen LogP contribution in [0.2, 0.25) is 0 Å². The molecular weight excluding hydrogens is 358 g/mol. The summed E-state index contributed by atoms with van der Waals surface area (Å²) in [5.74, 6) is 2.13. The van der Waals surface area contributed by atoms with Crippen LogP contribution in [0.15, 0.2) is 18.2 Å². The second-order valence-corrected chi connectivity index (χ2v) is 10.5. The molecule has 0 atom stereocenters. The van der Waals surface area contributed by atoms with Gasteiger partial charge in [0.15, 0.2) is 5.78 Å². The Morgan fingerprint density at radius 2 is 1.76 bits per heavy atom. The number of rotatable bonds is 7. The molecule has 3 heteroatoms. The number of ketones is 1. The van der Waals surface area contributed by atoms with Gasteiger partial charge in [-0.15, -0.1) is 0 Å². The maximum absolute atomic E-state index is 13.1. The highest BCUT2D eigenvalue weighted by Gasteiger charge is 2.33. The van der Waals surface area contributed by atoms with E-state index < -0.39 is 0 Å². The number of phenols is 1. The van der Waals surface area contributed by atoms with Crippen molar-refractivity contribution in [3.05, 3.63) is 51.8 Å². The molecule has 0 amide bonds. The molecule has 2 N–H and O–H groups in total. The van der Waals surface area contributed by atoms with Crippen LogP contribution in [0.3, 0.4) is 0 Å². The Hall–Kier alpha value is -2.03. The summed E-state index contributed by atoms with van der Waals surface area (Å²) >= 11 is 0. The molecule has 0 aliphatic heterocycles. The minimum Gasteiger partial charge on any atom is -0.507 e. The summed E-state index contributed by atoms with van der Waals surface area (Å²) in [5, 5.41) is 10.8. The van der Waals surface area contributed by atoms with Crippen molar-refractivity contribution >= 4 is 5.78 Å². The zero-order valence-corrected chi connectivity index (χ0v) is 18.6. The number of nitrogens with one attached hydrogen (secondary N) is 1. The number of hydrogen-bond acceptors (Lipinski definition) is 2. The Morgan fingerprint density at radius 1 is 1.10 bits per heavy atom. The van der Waals surface area contributed by atoms with E-state index in [2.05, 4.69) is 57.8 Å². The van der Waals surface area contributed by atoms with E-state index in [1.807, 2.05) is 0 Å². The molecule has 2 fully saturated rings. The number of phenolic OH excluding ortho intramolecular Hbond substituents is 1. The van der Waals surface area contributed by atoms with Crippen molar-refractivity contribution in [2.75, 3.05) is 0 Å². The fourth-order valence-electron chi connectivity index (χ4n) is 4.31. The average Bonchev–Trinajstić information content (AvgIpc) is 3.57. The lowest BCUT2D eigenvalue weighted by molar-refractivity contribution is 0.0977. The lowest BCUT2D eigenvalue weighted by Crippen LogP contribution is -2.14. The minimum absolute atomic E-state index is 0.133. The van der Waals surface area contributed by atoms with Crippen molar-refractivity contribution in [1.29, 1.82) is 0 Å². The Balaban J connectivity index is 1.56. The maximum Gasteiger partial charge on any atom is 0.179 e. The van der Waals surface area contributed by atoms with Crippen molar-refractivity contribution in [3.63, 3.8) is 0 Å². The van der Waals surface area contributed by atoms with Gasteiger partial charge < -0.3 is 10.1 Å². The third-order valence-corrected chi connectivity index (χ3v) is 6.45. The van der Waals surface area contributed by atoms with Crippen molar-refractivity contribution in [2.45, 2.75) is 96.3 Å². The number of H-pyrrole nitrogens is 1. The zero-order chi connectivity index (χ0) is 20.9. The number of Topliss-reactive ketones (excluding diaryl/α,β-unsaturated/α-hetero) is 1. The zero-order valence-electron chi connectivity index (χ0n) is 18.6. The molecule has 1 aromatic heterocycles. The predicted octanol–water partition coefficient (Wildman–Crippen LogP) is 6.71. The molecule has 2 aromatic rings. The van der Waals surface area contributed by atoms with Gasteiger partial charge in [-0.2, -0.15) is 0 Å². The van der Waals surface area contributed by atoms with E-state index in [0.29, 0.717) is 30.4 Å². The molecule has 3 nitrogen and oxygen atoms in total. The molecule has 0 spiro atoms. The summed E-state index contributed by atoms with van der Waals surface area (Å²) in [6.07, 6.45) is 6.15. The molecule has 0 unspecified atom stereocenters. The molecule has 29 heavy (non-hydrogen) atoms. The number of aromatic amines is 1. The van der Waals surface area contributed by atoms with Crippen LogP contribution in [0.5, 0.6) is 5.75 Å². The molecule has 0 saturated heterocycles. The van der Waals surface area contributed by atoms with Gasteiger partial charge in [0.2, 0.25) is 0 Å². The fraction of sp³-hybridized carbons (Fsp3) is 0.577. The molecule has 0 radical (unpaired) electrons. The maximum atomic E-state index is 13.1. The lowest BCUT2D eigenvalue weighted by Gasteiger charge is -2.24.